The van der Waals surface area contributed by atoms with Crippen molar-refractivity contribution in [3.63, 3.8) is 0 Å². The zero-order valence-corrected chi connectivity index (χ0v) is 13.7. The first-order valence-electron chi connectivity index (χ1n) is 7.14. The highest BCUT2D eigenvalue weighted by molar-refractivity contribution is 7.89. The molecule has 1 aromatic carbocycles. The molecular formula is C14H22N4O3S. The van der Waals surface area contributed by atoms with E-state index in [4.69, 9.17) is 5.73 Å². The van der Waals surface area contributed by atoms with Gasteiger partial charge in [0.25, 0.3) is 0 Å². The van der Waals surface area contributed by atoms with Crippen LogP contribution in [0, 0.1) is 0 Å². The third-order valence-electron chi connectivity index (χ3n) is 3.74. The van der Waals surface area contributed by atoms with Crippen molar-refractivity contribution in [2.45, 2.75) is 11.3 Å². The van der Waals surface area contributed by atoms with Crippen LogP contribution in [0.15, 0.2) is 29.2 Å². The highest BCUT2D eigenvalue weighted by atomic mass is 32.2. The molecule has 0 radical (unpaired) electrons. The molecule has 7 nitrogen and oxygen atoms in total. The fourth-order valence-corrected chi connectivity index (χ4v) is 3.94. The van der Waals surface area contributed by atoms with Crippen LogP contribution < -0.4 is 10.6 Å². The van der Waals surface area contributed by atoms with Crippen LogP contribution in [-0.2, 0) is 10.0 Å². The molecular weight excluding hydrogens is 304 g/mol. The summed E-state index contributed by atoms with van der Waals surface area (Å²) in [6.07, 6.45) is 0.579. The lowest BCUT2D eigenvalue weighted by Gasteiger charge is -2.21. The van der Waals surface area contributed by atoms with Gasteiger partial charge in [-0.2, -0.15) is 4.31 Å². The molecule has 0 aromatic heterocycles. The number of carbonyl (C=O) groups is 1. The SMILES string of the molecule is CN(C)c1cccc(S(=O)(=O)N2CCCN(C(N)=O)CC2)c1. The third-order valence-corrected chi connectivity index (χ3v) is 5.63. The van der Waals surface area contributed by atoms with Crippen molar-refractivity contribution < 1.29 is 13.2 Å². The maximum absolute atomic E-state index is 12.8. The van der Waals surface area contributed by atoms with Gasteiger partial charge >= 0.3 is 6.03 Å². The largest absolute Gasteiger partial charge is 0.378 e. The Balaban J connectivity index is 2.23. The Morgan fingerprint density at radius 3 is 2.55 bits per heavy atom. The minimum absolute atomic E-state index is 0.261. The van der Waals surface area contributed by atoms with Gasteiger partial charge in [0.05, 0.1) is 4.90 Å². The highest BCUT2D eigenvalue weighted by Gasteiger charge is 2.27. The molecule has 1 aromatic rings. The Hall–Kier alpha value is -1.80. The lowest BCUT2D eigenvalue weighted by Crippen LogP contribution is -2.39. The Morgan fingerprint density at radius 2 is 1.91 bits per heavy atom. The lowest BCUT2D eigenvalue weighted by molar-refractivity contribution is 0.210. The van der Waals surface area contributed by atoms with E-state index in [0.29, 0.717) is 26.1 Å². The molecule has 8 heteroatoms. The molecule has 2 amide bonds. The number of hydrogen-bond acceptors (Lipinski definition) is 4. The number of rotatable bonds is 3. The molecule has 1 aliphatic heterocycles. The number of hydrogen-bond donors (Lipinski definition) is 1. The molecule has 2 N–H and O–H groups in total. The second-order valence-corrected chi connectivity index (χ2v) is 7.41. The summed E-state index contributed by atoms with van der Waals surface area (Å²) in [5.74, 6) is 0. The van der Waals surface area contributed by atoms with Crippen molar-refractivity contribution in [3.05, 3.63) is 24.3 Å². The Morgan fingerprint density at radius 1 is 1.18 bits per heavy atom. The maximum atomic E-state index is 12.8. The topological polar surface area (TPSA) is 87.0 Å². The van der Waals surface area contributed by atoms with Gasteiger partial charge in [0.2, 0.25) is 10.0 Å². The predicted octanol–water partition coefficient (Wildman–Crippen LogP) is 0.528. The zero-order chi connectivity index (χ0) is 16.3. The molecule has 122 valence electrons. The third kappa shape index (κ3) is 3.50. The summed E-state index contributed by atoms with van der Waals surface area (Å²) in [4.78, 5) is 14.8. The molecule has 0 saturated carbocycles. The summed E-state index contributed by atoms with van der Waals surface area (Å²) in [6.45, 7) is 1.46. The van der Waals surface area contributed by atoms with Crippen LogP contribution in [0.3, 0.4) is 0 Å². The lowest BCUT2D eigenvalue weighted by atomic mass is 10.3. The predicted molar refractivity (Wildman–Crippen MR) is 85.3 cm³/mol. The van der Waals surface area contributed by atoms with Gasteiger partial charge in [-0.3, -0.25) is 0 Å². The number of anilines is 1. The van der Waals surface area contributed by atoms with E-state index < -0.39 is 16.1 Å². The Labute approximate surface area is 131 Å². The van der Waals surface area contributed by atoms with Crippen LogP contribution >= 0.6 is 0 Å². The molecule has 22 heavy (non-hydrogen) atoms. The van der Waals surface area contributed by atoms with E-state index in [-0.39, 0.29) is 11.4 Å². The number of sulfonamides is 1. The standard InChI is InChI=1S/C14H22N4O3S/c1-16(2)12-5-3-6-13(11-12)22(20,21)18-8-4-7-17(9-10-18)14(15)19/h3,5-6,11H,4,7-10H2,1-2H3,(H2,15,19). The number of nitrogens with two attached hydrogens (primary N) is 1. The van der Waals surface area contributed by atoms with E-state index in [0.717, 1.165) is 5.69 Å². The first kappa shape index (κ1) is 16.6. The summed E-state index contributed by atoms with van der Waals surface area (Å²) in [5, 5.41) is 0. The van der Waals surface area contributed by atoms with Crippen molar-refractivity contribution in [2.75, 3.05) is 45.2 Å². The number of benzene rings is 1. The van der Waals surface area contributed by atoms with E-state index in [9.17, 15) is 13.2 Å². The average molecular weight is 326 g/mol. The number of nitrogens with zero attached hydrogens (tertiary/aromatic N) is 3. The van der Waals surface area contributed by atoms with E-state index in [2.05, 4.69) is 0 Å². The molecule has 1 fully saturated rings. The maximum Gasteiger partial charge on any atom is 0.314 e. The monoisotopic (exact) mass is 326 g/mol. The Bertz CT molecular complexity index is 645. The number of primary amides is 1. The van der Waals surface area contributed by atoms with Gasteiger partial charge in [-0.05, 0) is 24.6 Å². The number of carbonyl (C=O) groups excluding carboxylic acids is 1. The van der Waals surface area contributed by atoms with Crippen molar-refractivity contribution >= 4 is 21.7 Å². The van der Waals surface area contributed by atoms with Gasteiger partial charge in [0.15, 0.2) is 0 Å². The molecule has 0 spiro atoms. The van der Waals surface area contributed by atoms with Crippen LogP contribution in [0.2, 0.25) is 0 Å². The van der Waals surface area contributed by atoms with Crippen molar-refractivity contribution in [1.29, 1.82) is 0 Å². The van der Waals surface area contributed by atoms with Crippen LogP contribution in [0.25, 0.3) is 0 Å². The minimum Gasteiger partial charge on any atom is -0.378 e. The second kappa shape index (κ2) is 6.53. The Kier molecular flexibility index (Phi) is 4.92. The van der Waals surface area contributed by atoms with Gasteiger partial charge in [-0.1, -0.05) is 6.07 Å². The minimum atomic E-state index is -3.56. The number of urea groups is 1. The fourth-order valence-electron chi connectivity index (χ4n) is 2.43. The summed E-state index contributed by atoms with van der Waals surface area (Å²) < 4.78 is 26.9. The van der Waals surface area contributed by atoms with Crippen molar-refractivity contribution in [2.24, 2.45) is 5.73 Å². The van der Waals surface area contributed by atoms with Crippen molar-refractivity contribution in [3.8, 4) is 0 Å². The van der Waals surface area contributed by atoms with E-state index >= 15 is 0 Å². The molecule has 1 aliphatic rings. The second-order valence-electron chi connectivity index (χ2n) is 5.47. The molecule has 0 bridgehead atoms. The first-order valence-corrected chi connectivity index (χ1v) is 8.58. The highest BCUT2D eigenvalue weighted by Crippen LogP contribution is 2.22. The smallest absolute Gasteiger partial charge is 0.314 e. The van der Waals surface area contributed by atoms with Gasteiger partial charge < -0.3 is 15.5 Å². The molecule has 0 unspecified atom stereocenters. The summed E-state index contributed by atoms with van der Waals surface area (Å²) in [6, 6.07) is 6.34. The first-order chi connectivity index (χ1) is 10.3. The quantitative estimate of drug-likeness (QED) is 0.878. The van der Waals surface area contributed by atoms with Crippen LogP contribution in [0.4, 0.5) is 10.5 Å². The van der Waals surface area contributed by atoms with Crippen LogP contribution in [0.1, 0.15) is 6.42 Å². The van der Waals surface area contributed by atoms with Crippen LogP contribution in [0.5, 0.6) is 0 Å². The molecule has 1 heterocycles. The van der Waals surface area contributed by atoms with Gasteiger partial charge in [-0.15, -0.1) is 0 Å². The van der Waals surface area contributed by atoms with Gasteiger partial charge in [0, 0.05) is 46.0 Å². The van der Waals surface area contributed by atoms with E-state index in [1.165, 1.54) is 9.21 Å². The van der Waals surface area contributed by atoms with Gasteiger partial charge in [0.1, 0.15) is 0 Å². The van der Waals surface area contributed by atoms with E-state index in [1.54, 1.807) is 18.2 Å². The summed E-state index contributed by atoms with van der Waals surface area (Å²) >= 11 is 0. The zero-order valence-electron chi connectivity index (χ0n) is 12.9. The van der Waals surface area contributed by atoms with Crippen LogP contribution in [-0.4, -0.2) is 63.9 Å². The average Bonchev–Trinajstić information content (AvgIpc) is 2.73. The molecule has 2 rings (SSSR count). The van der Waals surface area contributed by atoms with Crippen molar-refractivity contribution in [1.82, 2.24) is 9.21 Å². The molecule has 0 atom stereocenters. The summed E-state index contributed by atoms with van der Waals surface area (Å²) in [7, 11) is 0.164. The molecule has 0 aliphatic carbocycles. The fraction of sp³-hybridized carbons (Fsp3) is 0.500. The number of amides is 2. The van der Waals surface area contributed by atoms with E-state index in [1.807, 2.05) is 25.1 Å². The van der Waals surface area contributed by atoms with Gasteiger partial charge in [-0.25, -0.2) is 13.2 Å². The normalized spacial score (nSPS) is 17.1. The molecule has 1 saturated heterocycles. The summed E-state index contributed by atoms with van der Waals surface area (Å²) in [5.41, 5.74) is 6.10.